The molecule has 0 bridgehead atoms. The molecule has 0 aromatic heterocycles. The first-order chi connectivity index (χ1) is 19.4. The van der Waals surface area contributed by atoms with Crippen molar-refractivity contribution < 1.29 is 14.0 Å². The van der Waals surface area contributed by atoms with Crippen molar-refractivity contribution >= 4 is 68.8 Å². The number of thioether (sulfide) groups is 1. The smallest absolute Gasteiger partial charge is 0.342 e. The summed E-state index contributed by atoms with van der Waals surface area (Å²) in [4.78, 5) is 33.0. The molecule has 2 aliphatic rings. The molecular weight excluding hydrogens is 580 g/mol. The lowest BCUT2D eigenvalue weighted by atomic mass is 10.0. The molecule has 1 saturated heterocycles. The highest BCUT2D eigenvalue weighted by molar-refractivity contribution is 8.00. The summed E-state index contributed by atoms with van der Waals surface area (Å²) in [5.41, 5.74) is 1.29. The highest BCUT2D eigenvalue weighted by Gasteiger charge is 2.54. The van der Waals surface area contributed by atoms with Gasteiger partial charge in [0.05, 0.1) is 0 Å². The maximum Gasteiger partial charge on any atom is 0.342 e. The van der Waals surface area contributed by atoms with Crippen LogP contribution in [0.4, 0.5) is 0 Å². The van der Waals surface area contributed by atoms with Crippen molar-refractivity contribution in [2.45, 2.75) is 50.7 Å². The number of rotatable bonds is 8. The minimum Gasteiger partial charge on any atom is -0.515 e. The lowest BCUT2D eigenvalue weighted by Gasteiger charge is -2.51. The Morgan fingerprint density at radius 1 is 0.854 bits per heavy atom. The summed E-state index contributed by atoms with van der Waals surface area (Å²) in [6.45, 7) is 10.2. The zero-order valence-corrected chi connectivity index (χ0v) is 28.3. The van der Waals surface area contributed by atoms with Crippen LogP contribution >= 0.6 is 18.6 Å². The number of fused-ring (bicyclic) bond motifs is 1. The second kappa shape index (κ2) is 11.6. The van der Waals surface area contributed by atoms with Crippen LogP contribution in [0.3, 0.4) is 0 Å². The van der Waals surface area contributed by atoms with E-state index in [-0.39, 0.29) is 23.3 Å². The van der Waals surface area contributed by atoms with Gasteiger partial charge in [-0.3, -0.25) is 9.69 Å². The van der Waals surface area contributed by atoms with Crippen molar-refractivity contribution in [1.82, 2.24) is 9.88 Å². The lowest BCUT2D eigenvalue weighted by Crippen LogP contribution is -2.73. The van der Waals surface area contributed by atoms with Gasteiger partial charge < -0.3 is 9.41 Å². The zero-order chi connectivity index (χ0) is 29.4. The maximum absolute atomic E-state index is 14.0. The number of carbonyl (C=O) groups is 2. The molecule has 5 nitrogen and oxygen atoms in total. The van der Waals surface area contributed by atoms with Crippen molar-refractivity contribution in [1.29, 1.82) is 0 Å². The first-order valence-corrected chi connectivity index (χ1v) is 23.8. The Hall–Kier alpha value is -2.62. The molecule has 9 heteroatoms. The average Bonchev–Trinajstić information content (AvgIpc) is 2.94. The third-order valence-corrected chi connectivity index (χ3v) is 14.3. The summed E-state index contributed by atoms with van der Waals surface area (Å²) in [5.74, 6) is 2.53. The topological polar surface area (TPSA) is 58.6 Å². The van der Waals surface area contributed by atoms with Crippen molar-refractivity contribution in [3.05, 3.63) is 102 Å². The normalized spacial score (nSPS) is 19.4. The van der Waals surface area contributed by atoms with Crippen LogP contribution in [0.2, 0.25) is 39.3 Å². The summed E-state index contributed by atoms with van der Waals surface area (Å²) in [7, 11) is -3.95. The number of nitrogens with one attached hydrogen (secondary N) is 1. The molecule has 2 heterocycles. The molecule has 1 amide bonds. The average molecular weight is 619 g/mol. The molecule has 3 aromatic rings. The van der Waals surface area contributed by atoms with Crippen LogP contribution in [-0.2, 0) is 14.0 Å². The number of carbonyl (C=O) groups excluding carboxylic acids is 2. The number of nitrogens with zero attached hydrogens (tertiary/aromatic N) is 1. The van der Waals surface area contributed by atoms with Gasteiger partial charge in [0.25, 0.3) is 0 Å². The Balaban J connectivity index is 1.79. The van der Waals surface area contributed by atoms with E-state index in [0.29, 0.717) is 11.4 Å². The highest BCUT2D eigenvalue weighted by atomic mass is 32.2. The third kappa shape index (κ3) is 6.13. The van der Waals surface area contributed by atoms with Crippen molar-refractivity contribution in [2.75, 3.05) is 5.75 Å². The van der Waals surface area contributed by atoms with E-state index < -0.39 is 23.4 Å². The van der Waals surface area contributed by atoms with Gasteiger partial charge in [-0.1, -0.05) is 111 Å². The molecule has 214 valence electrons. The summed E-state index contributed by atoms with van der Waals surface area (Å²) in [6.07, 6.45) is 0. The Bertz CT molecular complexity index is 1410. The number of benzene rings is 3. The van der Waals surface area contributed by atoms with Crippen LogP contribution in [0.15, 0.2) is 102 Å². The van der Waals surface area contributed by atoms with Gasteiger partial charge in [-0.2, -0.15) is 0 Å². The van der Waals surface area contributed by atoms with E-state index in [0.717, 1.165) is 5.57 Å². The molecule has 1 unspecified atom stereocenters. The van der Waals surface area contributed by atoms with Crippen LogP contribution < -0.4 is 20.9 Å². The standard InChI is InChI=1S/C32H39N2O3PSSi2/c1-40(2,3)33-28-30(35)34-29(32(36)37-41(4,5)6)24(23-39-31(28)34)22-38(25-16-10-7-11-17-25,26-18-12-8-13-19-26)27-20-14-9-15-21-27/h7-22,28,31,33H,23H2,1-6H3/t28?,31-/m1/s1. The van der Waals surface area contributed by atoms with Crippen LogP contribution in [-0.4, -0.2) is 56.3 Å². The second-order valence-corrected chi connectivity index (χ2v) is 26.1. The summed E-state index contributed by atoms with van der Waals surface area (Å²) < 4.78 is 6.10. The molecule has 5 rings (SSSR count). The fourth-order valence-corrected chi connectivity index (χ4v) is 12.8. The second-order valence-electron chi connectivity index (χ2n) is 12.5. The van der Waals surface area contributed by atoms with Gasteiger partial charge in [0.1, 0.15) is 25.3 Å². The quantitative estimate of drug-likeness (QED) is 0.216. The van der Waals surface area contributed by atoms with Crippen molar-refractivity contribution in [3.63, 3.8) is 0 Å². The van der Waals surface area contributed by atoms with E-state index >= 15 is 0 Å². The van der Waals surface area contributed by atoms with Crippen LogP contribution in [0.1, 0.15) is 0 Å². The maximum atomic E-state index is 14.0. The number of β-lactam (4-membered cyclic amide) rings is 1. The molecule has 0 aliphatic carbocycles. The van der Waals surface area contributed by atoms with Gasteiger partial charge >= 0.3 is 5.97 Å². The van der Waals surface area contributed by atoms with E-state index in [9.17, 15) is 9.59 Å². The first kappa shape index (κ1) is 29.9. The Morgan fingerprint density at radius 2 is 1.32 bits per heavy atom. The molecule has 0 saturated carbocycles. The van der Waals surface area contributed by atoms with Gasteiger partial charge in [0, 0.05) is 5.75 Å². The van der Waals surface area contributed by atoms with Crippen LogP contribution in [0, 0.1) is 0 Å². The molecule has 1 N–H and O–H groups in total. The lowest BCUT2D eigenvalue weighted by molar-refractivity contribution is -0.147. The fraction of sp³-hybridized carbons (Fsp3) is 0.281. The van der Waals surface area contributed by atoms with E-state index in [2.05, 4.69) is 103 Å². The van der Waals surface area contributed by atoms with Crippen LogP contribution in [0.5, 0.6) is 0 Å². The summed E-state index contributed by atoms with van der Waals surface area (Å²) in [5, 5.41) is 3.47. The number of hydrogen-bond acceptors (Lipinski definition) is 5. The Morgan fingerprint density at radius 3 is 1.73 bits per heavy atom. The molecule has 0 radical (unpaired) electrons. The van der Waals surface area contributed by atoms with E-state index in [1.165, 1.54) is 15.9 Å². The van der Waals surface area contributed by atoms with Gasteiger partial charge in [0.2, 0.25) is 14.2 Å². The van der Waals surface area contributed by atoms with Crippen molar-refractivity contribution in [2.24, 2.45) is 0 Å². The minimum atomic E-state index is -2.38. The zero-order valence-electron chi connectivity index (χ0n) is 24.6. The summed E-state index contributed by atoms with van der Waals surface area (Å²) >= 11 is 1.74. The molecule has 2 atom stereocenters. The highest BCUT2D eigenvalue weighted by Crippen LogP contribution is 2.48. The molecule has 1 fully saturated rings. The predicted octanol–water partition coefficient (Wildman–Crippen LogP) is 5.12. The van der Waals surface area contributed by atoms with Crippen LogP contribution in [0.25, 0.3) is 0 Å². The first-order valence-electron chi connectivity index (χ1n) is 14.0. The predicted molar refractivity (Wildman–Crippen MR) is 181 cm³/mol. The molecule has 41 heavy (non-hydrogen) atoms. The molecule has 0 spiro atoms. The SMILES string of the molecule is C[Si](C)(C)NC1C(=O)N2C(C(=O)O[Si](C)(C)C)=C(C=P(c3ccccc3)(c3ccccc3)c3ccccc3)CS[C@H]12. The van der Waals surface area contributed by atoms with E-state index in [4.69, 9.17) is 4.43 Å². The Labute approximate surface area is 250 Å². The molecule has 3 aromatic carbocycles. The molecule has 2 aliphatic heterocycles. The fourth-order valence-electron chi connectivity index (χ4n) is 5.42. The van der Waals surface area contributed by atoms with E-state index in [1.807, 2.05) is 37.8 Å². The largest absolute Gasteiger partial charge is 0.515 e. The third-order valence-electron chi connectivity index (χ3n) is 7.02. The van der Waals surface area contributed by atoms with Gasteiger partial charge in [-0.25, -0.2) is 4.79 Å². The monoisotopic (exact) mass is 618 g/mol. The van der Waals surface area contributed by atoms with Gasteiger partial charge in [0.15, 0.2) is 0 Å². The van der Waals surface area contributed by atoms with Gasteiger partial charge in [-0.15, -0.1) is 11.8 Å². The van der Waals surface area contributed by atoms with E-state index in [1.54, 1.807) is 16.7 Å². The van der Waals surface area contributed by atoms with Crippen molar-refractivity contribution in [3.8, 4) is 0 Å². The number of amides is 1. The number of hydrogen-bond donors (Lipinski definition) is 1. The summed E-state index contributed by atoms with van der Waals surface area (Å²) in [6, 6.07) is 31.4. The molecular formula is C32H39N2O3PSSi2. The van der Waals surface area contributed by atoms with Gasteiger partial charge in [-0.05, 0) is 53.8 Å². The minimum absolute atomic E-state index is 0.0406. The Kier molecular flexibility index (Phi) is 8.43.